The van der Waals surface area contributed by atoms with Crippen LogP contribution in [0.15, 0.2) is 48.5 Å². The van der Waals surface area contributed by atoms with Gasteiger partial charge in [0, 0.05) is 35.3 Å². The van der Waals surface area contributed by atoms with E-state index >= 15 is 0 Å². The van der Waals surface area contributed by atoms with Crippen LogP contribution in [0.5, 0.6) is 0 Å². The minimum Gasteiger partial charge on any atom is -0.384 e. The van der Waals surface area contributed by atoms with E-state index in [0.29, 0.717) is 35.3 Å². The summed E-state index contributed by atoms with van der Waals surface area (Å²) in [6.07, 6.45) is 7.40. The van der Waals surface area contributed by atoms with E-state index in [1.165, 1.54) is 0 Å². The van der Waals surface area contributed by atoms with Crippen LogP contribution in [0.2, 0.25) is 0 Å². The van der Waals surface area contributed by atoms with E-state index in [9.17, 15) is 9.59 Å². The lowest BCUT2D eigenvalue weighted by Crippen LogP contribution is -2.24. The molecule has 176 valence electrons. The third kappa shape index (κ3) is 9.14. The minimum absolute atomic E-state index is 0.0102. The van der Waals surface area contributed by atoms with E-state index in [4.69, 9.17) is 22.3 Å². The first kappa shape index (κ1) is 25.6. The second-order valence-corrected chi connectivity index (χ2v) is 7.97. The molecule has 0 radical (unpaired) electrons. The molecule has 0 heterocycles. The summed E-state index contributed by atoms with van der Waals surface area (Å²) in [6.45, 7) is 1.29. The number of carbonyl (C=O) groups is 2. The molecule has 0 spiro atoms. The molecule has 8 heteroatoms. The predicted molar refractivity (Wildman–Crippen MR) is 132 cm³/mol. The largest absolute Gasteiger partial charge is 0.384 e. The van der Waals surface area contributed by atoms with Crippen LogP contribution < -0.4 is 22.1 Å². The zero-order valence-corrected chi connectivity index (χ0v) is 19.0. The number of unbranched alkanes of at least 4 members (excludes halogenated alkanes) is 6. The van der Waals surface area contributed by atoms with Crippen LogP contribution in [0.3, 0.4) is 0 Å². The van der Waals surface area contributed by atoms with Crippen molar-refractivity contribution in [2.24, 2.45) is 11.5 Å². The fraction of sp³-hybridized carbons (Fsp3) is 0.360. The van der Waals surface area contributed by atoms with Gasteiger partial charge < -0.3 is 22.1 Å². The van der Waals surface area contributed by atoms with Crippen LogP contribution >= 0.6 is 0 Å². The molecule has 0 fully saturated rings. The Hall–Kier alpha value is -3.68. The van der Waals surface area contributed by atoms with E-state index < -0.39 is 0 Å². The van der Waals surface area contributed by atoms with Crippen LogP contribution in [0, 0.1) is 10.8 Å². The number of nitrogen functional groups attached to an aromatic ring is 2. The van der Waals surface area contributed by atoms with Gasteiger partial charge in [-0.3, -0.25) is 20.4 Å². The number of rotatable bonds is 14. The van der Waals surface area contributed by atoms with Gasteiger partial charge in [0.05, 0.1) is 0 Å². The zero-order chi connectivity index (χ0) is 24.1. The van der Waals surface area contributed by atoms with Gasteiger partial charge in [-0.1, -0.05) is 56.4 Å². The second kappa shape index (κ2) is 13.7. The van der Waals surface area contributed by atoms with Crippen LogP contribution in [-0.2, 0) is 0 Å². The summed E-state index contributed by atoms with van der Waals surface area (Å²) in [5.41, 5.74) is 13.2. The van der Waals surface area contributed by atoms with E-state index in [0.717, 1.165) is 44.9 Å². The highest BCUT2D eigenvalue weighted by molar-refractivity contribution is 5.98. The van der Waals surface area contributed by atoms with Crippen molar-refractivity contribution < 1.29 is 9.59 Å². The monoisotopic (exact) mass is 450 g/mol. The molecule has 8 N–H and O–H groups in total. The summed E-state index contributed by atoms with van der Waals surface area (Å²) >= 11 is 0. The number of nitrogens with one attached hydrogen (secondary N) is 4. The van der Waals surface area contributed by atoms with Crippen molar-refractivity contribution in [1.82, 2.24) is 10.6 Å². The van der Waals surface area contributed by atoms with Crippen LogP contribution in [0.1, 0.15) is 76.8 Å². The van der Waals surface area contributed by atoms with Gasteiger partial charge in [0.25, 0.3) is 11.8 Å². The molecule has 0 bridgehead atoms. The van der Waals surface area contributed by atoms with Crippen LogP contribution in [0.4, 0.5) is 0 Å². The molecular weight excluding hydrogens is 416 g/mol. The molecule has 0 aliphatic carbocycles. The molecule has 2 rings (SSSR count). The second-order valence-electron chi connectivity index (χ2n) is 7.97. The van der Waals surface area contributed by atoms with Crippen molar-refractivity contribution in [2.45, 2.75) is 44.9 Å². The molecule has 0 aromatic heterocycles. The average molecular weight is 451 g/mol. The van der Waals surface area contributed by atoms with Gasteiger partial charge in [-0.25, -0.2) is 0 Å². The van der Waals surface area contributed by atoms with Gasteiger partial charge in [-0.15, -0.1) is 0 Å². The molecule has 0 aliphatic rings. The summed E-state index contributed by atoms with van der Waals surface area (Å²) in [7, 11) is 0. The Balaban J connectivity index is 1.46. The molecule has 2 aromatic rings. The number of amidine groups is 2. The molecule has 2 amide bonds. The van der Waals surface area contributed by atoms with Crippen molar-refractivity contribution in [2.75, 3.05) is 13.1 Å². The van der Waals surface area contributed by atoms with Crippen molar-refractivity contribution in [3.05, 3.63) is 70.8 Å². The minimum atomic E-state index is -0.109. The van der Waals surface area contributed by atoms with Gasteiger partial charge in [0.1, 0.15) is 11.7 Å². The first-order chi connectivity index (χ1) is 15.9. The summed E-state index contributed by atoms with van der Waals surface area (Å²) in [6, 6.07) is 13.4. The summed E-state index contributed by atoms with van der Waals surface area (Å²) in [5.74, 6) is -0.239. The molecule has 0 saturated heterocycles. The number of amides is 2. The number of nitrogens with two attached hydrogens (primary N) is 2. The highest BCUT2D eigenvalue weighted by Crippen LogP contribution is 2.08. The zero-order valence-electron chi connectivity index (χ0n) is 19.0. The third-order valence-electron chi connectivity index (χ3n) is 5.34. The number of benzene rings is 2. The topological polar surface area (TPSA) is 158 Å². The Morgan fingerprint density at radius 1 is 0.545 bits per heavy atom. The quantitative estimate of drug-likeness (QED) is 0.148. The van der Waals surface area contributed by atoms with E-state index in [-0.39, 0.29) is 23.5 Å². The van der Waals surface area contributed by atoms with E-state index in [1.807, 2.05) is 0 Å². The van der Waals surface area contributed by atoms with Gasteiger partial charge in [-0.05, 0) is 37.1 Å². The summed E-state index contributed by atoms with van der Waals surface area (Å²) in [4.78, 5) is 24.2. The Bertz CT molecular complexity index is 861. The summed E-state index contributed by atoms with van der Waals surface area (Å²) in [5, 5.41) is 20.6. The van der Waals surface area contributed by atoms with Crippen LogP contribution in [-0.4, -0.2) is 36.6 Å². The fourth-order valence-electron chi connectivity index (χ4n) is 3.34. The van der Waals surface area contributed by atoms with Gasteiger partial charge in [0.2, 0.25) is 0 Å². The number of hydrogen-bond acceptors (Lipinski definition) is 4. The average Bonchev–Trinajstić information content (AvgIpc) is 2.82. The summed E-state index contributed by atoms with van der Waals surface area (Å²) < 4.78 is 0. The molecule has 0 atom stereocenters. The maximum Gasteiger partial charge on any atom is 0.251 e. The highest BCUT2D eigenvalue weighted by Gasteiger charge is 2.06. The van der Waals surface area contributed by atoms with Crippen molar-refractivity contribution in [3.8, 4) is 0 Å². The lowest BCUT2D eigenvalue weighted by atomic mass is 10.1. The van der Waals surface area contributed by atoms with Crippen molar-refractivity contribution in [1.29, 1.82) is 10.8 Å². The SMILES string of the molecule is N=C(N)c1ccc(C(=O)NCCCCCCCCCNC(=O)c2ccc(C(=N)N)cc2)cc1. The lowest BCUT2D eigenvalue weighted by Gasteiger charge is -2.07. The maximum atomic E-state index is 12.1. The maximum absolute atomic E-state index is 12.1. The fourth-order valence-corrected chi connectivity index (χ4v) is 3.34. The third-order valence-corrected chi connectivity index (χ3v) is 5.34. The predicted octanol–water partition coefficient (Wildman–Crippen LogP) is 3.15. The van der Waals surface area contributed by atoms with E-state index in [1.54, 1.807) is 48.5 Å². The molecule has 8 nitrogen and oxygen atoms in total. The van der Waals surface area contributed by atoms with E-state index in [2.05, 4.69) is 10.6 Å². The molecule has 2 aromatic carbocycles. The molecule has 0 aliphatic heterocycles. The Morgan fingerprint density at radius 3 is 1.12 bits per heavy atom. The first-order valence-electron chi connectivity index (χ1n) is 11.3. The standard InChI is InChI=1S/C25H34N6O2/c26-22(27)18-8-12-20(13-9-18)24(32)30-16-6-4-2-1-3-5-7-17-31-25(33)21-14-10-19(11-15-21)23(28)29/h8-15H,1-7,16-17H2,(H3,26,27)(H3,28,29)(H,30,32)(H,31,33). The Kier molecular flexibility index (Phi) is 10.6. The molecule has 0 unspecified atom stereocenters. The van der Waals surface area contributed by atoms with Crippen molar-refractivity contribution in [3.63, 3.8) is 0 Å². The Labute approximate surface area is 195 Å². The normalized spacial score (nSPS) is 10.4. The molecule has 0 saturated carbocycles. The Morgan fingerprint density at radius 2 is 0.818 bits per heavy atom. The number of hydrogen-bond donors (Lipinski definition) is 6. The van der Waals surface area contributed by atoms with Gasteiger partial charge in [-0.2, -0.15) is 0 Å². The van der Waals surface area contributed by atoms with Gasteiger partial charge in [0.15, 0.2) is 0 Å². The van der Waals surface area contributed by atoms with Crippen molar-refractivity contribution >= 4 is 23.5 Å². The molecule has 33 heavy (non-hydrogen) atoms. The lowest BCUT2D eigenvalue weighted by molar-refractivity contribution is 0.0945. The van der Waals surface area contributed by atoms with Crippen LogP contribution in [0.25, 0.3) is 0 Å². The highest BCUT2D eigenvalue weighted by atomic mass is 16.2. The smallest absolute Gasteiger partial charge is 0.251 e. The molecular formula is C25H34N6O2. The first-order valence-corrected chi connectivity index (χ1v) is 11.3. The van der Waals surface area contributed by atoms with Gasteiger partial charge >= 0.3 is 0 Å². The number of carbonyl (C=O) groups excluding carboxylic acids is 2.